The highest BCUT2D eigenvalue weighted by atomic mass is 32.1. The van der Waals surface area contributed by atoms with Crippen molar-refractivity contribution in [1.82, 2.24) is 4.98 Å². The van der Waals surface area contributed by atoms with Gasteiger partial charge in [0, 0.05) is 11.6 Å². The van der Waals surface area contributed by atoms with Crippen molar-refractivity contribution in [2.45, 2.75) is 13.0 Å². The first-order valence-corrected chi connectivity index (χ1v) is 6.14. The van der Waals surface area contributed by atoms with Gasteiger partial charge in [-0.25, -0.2) is 14.2 Å². The van der Waals surface area contributed by atoms with Crippen LogP contribution in [-0.2, 0) is 0 Å². The summed E-state index contributed by atoms with van der Waals surface area (Å²) in [6.07, 6.45) is 1.67. The molecule has 1 aromatic heterocycles. The van der Waals surface area contributed by atoms with Crippen molar-refractivity contribution in [2.75, 3.05) is 5.32 Å². The van der Waals surface area contributed by atoms with E-state index in [-0.39, 0.29) is 17.3 Å². The molecule has 18 heavy (non-hydrogen) atoms. The van der Waals surface area contributed by atoms with Gasteiger partial charge in [0.1, 0.15) is 10.8 Å². The largest absolute Gasteiger partial charge is 0.478 e. The van der Waals surface area contributed by atoms with Gasteiger partial charge in [-0.1, -0.05) is 0 Å². The Morgan fingerprint density at radius 1 is 1.56 bits per heavy atom. The number of hydrogen-bond acceptors (Lipinski definition) is 4. The molecule has 1 atom stereocenters. The Bertz CT molecular complexity index is 557. The fourth-order valence-corrected chi connectivity index (χ4v) is 2.16. The Labute approximate surface area is 107 Å². The molecule has 1 heterocycles. The van der Waals surface area contributed by atoms with E-state index in [0.717, 1.165) is 11.1 Å². The predicted octanol–water partition coefficient (Wildman–Crippen LogP) is 3.15. The second-order valence-corrected chi connectivity index (χ2v) is 4.66. The minimum absolute atomic E-state index is 0.0465. The summed E-state index contributed by atoms with van der Waals surface area (Å²) in [5.74, 6) is -1.57. The van der Waals surface area contributed by atoms with E-state index in [1.54, 1.807) is 6.20 Å². The second-order valence-electron chi connectivity index (χ2n) is 3.74. The fourth-order valence-electron chi connectivity index (χ4n) is 1.51. The Morgan fingerprint density at radius 3 is 2.94 bits per heavy atom. The molecular formula is C12H11FN2O2S. The van der Waals surface area contributed by atoms with Crippen LogP contribution in [0, 0.1) is 5.82 Å². The first-order valence-electron chi connectivity index (χ1n) is 5.26. The number of halogens is 1. The minimum atomic E-state index is -1.08. The summed E-state index contributed by atoms with van der Waals surface area (Å²) >= 11 is 1.45. The van der Waals surface area contributed by atoms with Crippen molar-refractivity contribution in [3.8, 4) is 0 Å². The van der Waals surface area contributed by atoms with E-state index < -0.39 is 11.8 Å². The third-order valence-corrected chi connectivity index (χ3v) is 3.37. The molecule has 1 unspecified atom stereocenters. The number of benzene rings is 1. The molecule has 0 saturated heterocycles. The Hall–Kier alpha value is -1.95. The highest BCUT2D eigenvalue weighted by molar-refractivity contribution is 7.09. The number of thiazole rings is 1. The summed E-state index contributed by atoms with van der Waals surface area (Å²) in [4.78, 5) is 14.9. The zero-order valence-corrected chi connectivity index (χ0v) is 10.4. The van der Waals surface area contributed by atoms with Crippen LogP contribution in [0.15, 0.2) is 29.8 Å². The van der Waals surface area contributed by atoms with Gasteiger partial charge in [0.2, 0.25) is 0 Å². The SMILES string of the molecule is CC(Nc1cc(C(=O)O)ccc1F)c1nccs1. The number of rotatable bonds is 4. The lowest BCUT2D eigenvalue weighted by molar-refractivity contribution is 0.0697. The molecule has 4 nitrogen and oxygen atoms in total. The van der Waals surface area contributed by atoms with E-state index in [4.69, 9.17) is 5.11 Å². The van der Waals surface area contributed by atoms with Gasteiger partial charge in [-0.15, -0.1) is 11.3 Å². The van der Waals surface area contributed by atoms with Crippen molar-refractivity contribution in [2.24, 2.45) is 0 Å². The molecule has 0 aliphatic heterocycles. The van der Waals surface area contributed by atoms with Gasteiger partial charge in [0.25, 0.3) is 0 Å². The zero-order valence-electron chi connectivity index (χ0n) is 9.55. The van der Waals surface area contributed by atoms with Crippen molar-refractivity contribution in [3.63, 3.8) is 0 Å². The summed E-state index contributed by atoms with van der Waals surface area (Å²) in [5, 5.41) is 14.4. The molecule has 6 heteroatoms. The smallest absolute Gasteiger partial charge is 0.335 e. The van der Waals surface area contributed by atoms with Crippen LogP contribution in [0.5, 0.6) is 0 Å². The molecule has 2 N–H and O–H groups in total. The summed E-state index contributed by atoms with van der Waals surface area (Å²) in [7, 11) is 0. The highest BCUT2D eigenvalue weighted by Gasteiger charge is 2.13. The monoisotopic (exact) mass is 266 g/mol. The van der Waals surface area contributed by atoms with Gasteiger partial charge in [-0.3, -0.25) is 0 Å². The summed E-state index contributed by atoms with van der Waals surface area (Å²) in [5.41, 5.74) is 0.211. The van der Waals surface area contributed by atoms with Crippen LogP contribution < -0.4 is 5.32 Å². The van der Waals surface area contributed by atoms with Crippen LogP contribution in [0.2, 0.25) is 0 Å². The Morgan fingerprint density at radius 2 is 2.33 bits per heavy atom. The highest BCUT2D eigenvalue weighted by Crippen LogP contribution is 2.23. The molecule has 0 aliphatic carbocycles. The van der Waals surface area contributed by atoms with Gasteiger partial charge in [0.15, 0.2) is 0 Å². The van der Waals surface area contributed by atoms with Crippen molar-refractivity contribution >= 4 is 23.0 Å². The lowest BCUT2D eigenvalue weighted by Crippen LogP contribution is -2.09. The predicted molar refractivity (Wildman–Crippen MR) is 67.5 cm³/mol. The number of aromatic carboxylic acids is 1. The van der Waals surface area contributed by atoms with E-state index in [9.17, 15) is 9.18 Å². The number of nitrogens with zero attached hydrogens (tertiary/aromatic N) is 1. The maximum absolute atomic E-state index is 13.6. The molecule has 0 amide bonds. The Balaban J connectivity index is 2.23. The molecular weight excluding hydrogens is 255 g/mol. The number of anilines is 1. The Kier molecular flexibility index (Phi) is 3.57. The summed E-state index contributed by atoms with van der Waals surface area (Å²) in [6.45, 7) is 1.84. The quantitative estimate of drug-likeness (QED) is 0.892. The minimum Gasteiger partial charge on any atom is -0.478 e. The molecule has 0 fully saturated rings. The van der Waals surface area contributed by atoms with Gasteiger partial charge in [-0.2, -0.15) is 0 Å². The summed E-state index contributed by atoms with van der Waals surface area (Å²) in [6, 6.07) is 3.47. The number of aromatic nitrogens is 1. The van der Waals surface area contributed by atoms with Crippen LogP contribution in [0.3, 0.4) is 0 Å². The normalized spacial score (nSPS) is 12.1. The van der Waals surface area contributed by atoms with E-state index in [2.05, 4.69) is 10.3 Å². The standard InChI is InChI=1S/C12H11FN2O2S/c1-7(11-14-4-5-18-11)15-10-6-8(12(16)17)2-3-9(10)13/h2-7,15H,1H3,(H,16,17). The number of hydrogen-bond donors (Lipinski definition) is 2. The maximum atomic E-state index is 13.6. The van der Waals surface area contributed by atoms with E-state index >= 15 is 0 Å². The van der Waals surface area contributed by atoms with E-state index in [0.29, 0.717) is 0 Å². The van der Waals surface area contributed by atoms with E-state index in [1.165, 1.54) is 23.5 Å². The average Bonchev–Trinajstić information content (AvgIpc) is 2.85. The molecule has 0 bridgehead atoms. The number of carboxylic acid groups (broad SMARTS) is 1. The molecule has 94 valence electrons. The number of carboxylic acids is 1. The average molecular weight is 266 g/mol. The van der Waals surface area contributed by atoms with Crippen LogP contribution in [0.1, 0.15) is 28.3 Å². The molecule has 2 rings (SSSR count). The molecule has 0 aliphatic rings. The molecule has 0 saturated carbocycles. The first kappa shape index (κ1) is 12.5. The topological polar surface area (TPSA) is 62.2 Å². The van der Waals surface area contributed by atoms with Gasteiger partial charge < -0.3 is 10.4 Å². The third kappa shape index (κ3) is 2.65. The van der Waals surface area contributed by atoms with Gasteiger partial charge >= 0.3 is 5.97 Å². The molecule has 0 spiro atoms. The maximum Gasteiger partial charge on any atom is 0.335 e. The van der Waals surface area contributed by atoms with Crippen molar-refractivity contribution in [1.29, 1.82) is 0 Å². The van der Waals surface area contributed by atoms with Crippen molar-refractivity contribution < 1.29 is 14.3 Å². The number of carbonyl (C=O) groups is 1. The zero-order chi connectivity index (χ0) is 13.1. The van der Waals surface area contributed by atoms with Crippen LogP contribution in [-0.4, -0.2) is 16.1 Å². The van der Waals surface area contributed by atoms with Crippen molar-refractivity contribution in [3.05, 3.63) is 46.2 Å². The second kappa shape index (κ2) is 5.14. The molecule has 0 radical (unpaired) electrons. The first-order chi connectivity index (χ1) is 8.58. The van der Waals surface area contributed by atoms with E-state index in [1.807, 2.05) is 12.3 Å². The van der Waals surface area contributed by atoms with Gasteiger partial charge in [0.05, 0.1) is 17.3 Å². The summed E-state index contributed by atoms with van der Waals surface area (Å²) < 4.78 is 13.6. The molecule has 2 aromatic rings. The lowest BCUT2D eigenvalue weighted by Gasteiger charge is -2.13. The lowest BCUT2D eigenvalue weighted by atomic mass is 10.2. The fraction of sp³-hybridized carbons (Fsp3) is 0.167. The van der Waals surface area contributed by atoms with Crippen LogP contribution >= 0.6 is 11.3 Å². The third-order valence-electron chi connectivity index (χ3n) is 2.41. The van der Waals surface area contributed by atoms with Crippen LogP contribution in [0.4, 0.5) is 10.1 Å². The van der Waals surface area contributed by atoms with Crippen LogP contribution in [0.25, 0.3) is 0 Å². The van der Waals surface area contributed by atoms with Gasteiger partial charge in [-0.05, 0) is 25.1 Å². The molecule has 1 aromatic carbocycles. The number of nitrogens with one attached hydrogen (secondary N) is 1.